The molecule has 1 atom stereocenters. The standard InChI is InChI=1S/C22H22F6N6O3/c1-3-16(35)34-9-8-14(11-34)33(2)15-10-30-17(18(29)36)19(32-15)31-13-6-4-12(5-7-13)20(37,21(23,24)25)22(26,27)28/h3-7,10,14,37H,1,8-9,11H2,2H3,(H2,29,36)(H,31,32)/t14-/m1/s1. The van der Waals surface area contributed by atoms with E-state index in [0.29, 0.717) is 31.6 Å². The Bertz CT molecular complexity index is 1170. The van der Waals surface area contributed by atoms with Crippen LogP contribution in [0.5, 0.6) is 0 Å². The highest BCUT2D eigenvalue weighted by Crippen LogP contribution is 2.50. The van der Waals surface area contributed by atoms with Crippen molar-refractivity contribution < 1.29 is 41.0 Å². The van der Waals surface area contributed by atoms with E-state index in [1.165, 1.54) is 12.3 Å². The molecule has 1 aromatic heterocycles. The third-order valence-corrected chi connectivity index (χ3v) is 5.94. The van der Waals surface area contributed by atoms with Crippen molar-refractivity contribution >= 4 is 29.1 Å². The molecule has 1 saturated heterocycles. The van der Waals surface area contributed by atoms with Gasteiger partial charge < -0.3 is 26.0 Å². The summed E-state index contributed by atoms with van der Waals surface area (Å²) in [7, 11) is 1.67. The minimum absolute atomic E-state index is 0.0596. The molecule has 1 aromatic carbocycles. The highest BCUT2D eigenvalue weighted by Gasteiger charge is 2.71. The maximum absolute atomic E-state index is 13.1. The van der Waals surface area contributed by atoms with Crippen LogP contribution in [0.1, 0.15) is 22.5 Å². The molecule has 0 bridgehead atoms. The lowest BCUT2D eigenvalue weighted by molar-refractivity contribution is -0.376. The smallest absolute Gasteiger partial charge is 0.369 e. The number of likely N-dealkylation sites (tertiary alicyclic amines) is 1. The zero-order chi connectivity index (χ0) is 27.8. The number of hydrogen-bond donors (Lipinski definition) is 3. The average Bonchev–Trinajstić information content (AvgIpc) is 3.31. The first kappa shape index (κ1) is 27.7. The lowest BCUT2D eigenvalue weighted by Gasteiger charge is -2.32. The van der Waals surface area contributed by atoms with Crippen LogP contribution in [0.2, 0.25) is 0 Å². The van der Waals surface area contributed by atoms with Crippen LogP contribution in [0.3, 0.4) is 0 Å². The zero-order valence-corrected chi connectivity index (χ0v) is 19.3. The number of hydrogen-bond acceptors (Lipinski definition) is 7. The lowest BCUT2D eigenvalue weighted by Crippen LogP contribution is -2.53. The molecular formula is C22H22F6N6O3. The van der Waals surface area contributed by atoms with E-state index in [1.807, 2.05) is 0 Å². The first-order valence-corrected chi connectivity index (χ1v) is 10.6. The Labute approximate surface area is 206 Å². The van der Waals surface area contributed by atoms with Gasteiger partial charge in [0.1, 0.15) is 5.82 Å². The Morgan fingerprint density at radius 2 is 1.78 bits per heavy atom. The molecule has 1 fully saturated rings. The van der Waals surface area contributed by atoms with E-state index in [1.54, 1.807) is 16.8 Å². The van der Waals surface area contributed by atoms with Gasteiger partial charge in [-0.05, 0) is 24.6 Å². The van der Waals surface area contributed by atoms with Crippen molar-refractivity contribution in [3.8, 4) is 0 Å². The molecule has 9 nitrogen and oxygen atoms in total. The molecule has 3 rings (SSSR count). The van der Waals surface area contributed by atoms with Crippen LogP contribution in [0.25, 0.3) is 0 Å². The van der Waals surface area contributed by atoms with Gasteiger partial charge >= 0.3 is 12.4 Å². The van der Waals surface area contributed by atoms with Crippen LogP contribution in [-0.4, -0.2) is 70.3 Å². The largest absolute Gasteiger partial charge is 0.430 e. The Kier molecular flexibility index (Phi) is 7.40. The lowest BCUT2D eigenvalue weighted by atomic mass is 9.92. The third kappa shape index (κ3) is 5.30. The van der Waals surface area contributed by atoms with Crippen molar-refractivity contribution in [3.05, 3.63) is 54.4 Å². The van der Waals surface area contributed by atoms with Crippen LogP contribution in [-0.2, 0) is 10.4 Å². The van der Waals surface area contributed by atoms with E-state index in [4.69, 9.17) is 5.73 Å². The van der Waals surface area contributed by atoms with Crippen LogP contribution in [0, 0.1) is 0 Å². The van der Waals surface area contributed by atoms with Gasteiger partial charge in [0, 0.05) is 37.4 Å². The van der Waals surface area contributed by atoms with Gasteiger partial charge in [-0.1, -0.05) is 18.7 Å². The molecule has 0 spiro atoms. The molecule has 200 valence electrons. The van der Waals surface area contributed by atoms with Crippen molar-refractivity contribution in [3.63, 3.8) is 0 Å². The molecule has 2 amide bonds. The number of nitrogens with zero attached hydrogens (tertiary/aromatic N) is 4. The van der Waals surface area contributed by atoms with Crippen molar-refractivity contribution in [2.45, 2.75) is 30.4 Å². The molecule has 0 radical (unpaired) electrons. The Morgan fingerprint density at radius 1 is 1.19 bits per heavy atom. The minimum Gasteiger partial charge on any atom is -0.369 e. The van der Waals surface area contributed by atoms with E-state index >= 15 is 0 Å². The Hall–Kier alpha value is -3.88. The van der Waals surface area contributed by atoms with Crippen molar-refractivity contribution in [2.24, 2.45) is 5.73 Å². The summed E-state index contributed by atoms with van der Waals surface area (Å²) in [4.78, 5) is 35.3. The number of halogens is 6. The summed E-state index contributed by atoms with van der Waals surface area (Å²) >= 11 is 0. The molecule has 15 heteroatoms. The number of aromatic nitrogens is 2. The van der Waals surface area contributed by atoms with Crippen LogP contribution < -0.4 is 16.0 Å². The number of likely N-dealkylation sites (N-methyl/N-ethyl adjacent to an activating group) is 1. The third-order valence-electron chi connectivity index (χ3n) is 5.94. The fourth-order valence-corrected chi connectivity index (χ4v) is 3.81. The fourth-order valence-electron chi connectivity index (χ4n) is 3.81. The topological polar surface area (TPSA) is 125 Å². The van der Waals surface area contributed by atoms with Gasteiger partial charge in [0.15, 0.2) is 11.5 Å². The second-order valence-electron chi connectivity index (χ2n) is 8.24. The van der Waals surface area contributed by atoms with Gasteiger partial charge in [-0.3, -0.25) is 9.59 Å². The fraction of sp³-hybridized carbons (Fsp3) is 0.364. The van der Waals surface area contributed by atoms with Crippen LogP contribution in [0.4, 0.5) is 43.7 Å². The number of alkyl halides is 6. The predicted octanol–water partition coefficient (Wildman–Crippen LogP) is 2.85. The number of carbonyl (C=O) groups excluding carboxylic acids is 2. The van der Waals surface area contributed by atoms with Gasteiger partial charge in [0.2, 0.25) is 5.91 Å². The quantitative estimate of drug-likeness (QED) is 0.370. The normalized spacial score (nSPS) is 16.4. The van der Waals surface area contributed by atoms with E-state index in [-0.39, 0.29) is 35.0 Å². The molecule has 2 heterocycles. The number of nitrogens with two attached hydrogens (primary N) is 1. The number of carbonyl (C=O) groups is 2. The van der Waals surface area contributed by atoms with Gasteiger partial charge in [-0.2, -0.15) is 26.3 Å². The highest BCUT2D eigenvalue weighted by atomic mass is 19.4. The van der Waals surface area contributed by atoms with E-state index in [9.17, 15) is 41.0 Å². The van der Waals surface area contributed by atoms with Crippen LogP contribution >= 0.6 is 0 Å². The van der Waals surface area contributed by atoms with Crippen molar-refractivity contribution in [1.29, 1.82) is 0 Å². The monoisotopic (exact) mass is 532 g/mol. The molecule has 0 unspecified atom stereocenters. The summed E-state index contributed by atoms with van der Waals surface area (Å²) in [6.45, 7) is 4.29. The van der Waals surface area contributed by atoms with Gasteiger partial charge in [-0.25, -0.2) is 9.97 Å². The zero-order valence-electron chi connectivity index (χ0n) is 19.3. The first-order valence-electron chi connectivity index (χ1n) is 10.6. The van der Waals surface area contributed by atoms with Gasteiger partial charge in [0.05, 0.1) is 6.20 Å². The van der Waals surface area contributed by atoms with Gasteiger partial charge in [0.25, 0.3) is 11.5 Å². The highest BCUT2D eigenvalue weighted by molar-refractivity contribution is 5.96. The number of benzene rings is 1. The molecule has 2 aromatic rings. The molecular weight excluding hydrogens is 510 g/mol. The molecule has 37 heavy (non-hydrogen) atoms. The number of nitrogens with one attached hydrogen (secondary N) is 1. The predicted molar refractivity (Wildman–Crippen MR) is 120 cm³/mol. The Morgan fingerprint density at radius 3 is 2.30 bits per heavy atom. The molecule has 0 aliphatic carbocycles. The molecule has 1 aliphatic heterocycles. The van der Waals surface area contributed by atoms with Gasteiger partial charge in [-0.15, -0.1) is 0 Å². The molecule has 0 saturated carbocycles. The molecule has 1 aliphatic rings. The number of aliphatic hydroxyl groups is 1. The van der Waals surface area contributed by atoms with Crippen LogP contribution in [0.15, 0.2) is 43.1 Å². The summed E-state index contributed by atoms with van der Waals surface area (Å²) in [6.07, 6.45) is -9.01. The van der Waals surface area contributed by atoms with E-state index in [2.05, 4.69) is 21.9 Å². The van der Waals surface area contributed by atoms with E-state index < -0.39 is 29.4 Å². The molecule has 4 N–H and O–H groups in total. The Balaban J connectivity index is 1.89. The number of amides is 2. The second-order valence-corrected chi connectivity index (χ2v) is 8.24. The second kappa shape index (κ2) is 9.88. The summed E-state index contributed by atoms with van der Waals surface area (Å²) in [5, 5.41) is 12.1. The summed E-state index contributed by atoms with van der Waals surface area (Å²) in [5.41, 5.74) is -1.60. The number of anilines is 3. The summed E-state index contributed by atoms with van der Waals surface area (Å²) in [5.74, 6) is -1.18. The SMILES string of the molecule is C=CC(=O)N1CC[C@@H](N(C)c2cnc(C(N)=O)c(Nc3ccc(C(O)(C(F)(F)F)C(F)(F)F)cc3)n2)C1. The van der Waals surface area contributed by atoms with Crippen molar-refractivity contribution in [2.75, 3.05) is 30.4 Å². The number of rotatable bonds is 7. The average molecular weight is 532 g/mol. The van der Waals surface area contributed by atoms with Crippen molar-refractivity contribution in [1.82, 2.24) is 14.9 Å². The minimum atomic E-state index is -6.03. The first-order chi connectivity index (χ1) is 17.1. The maximum atomic E-state index is 13.1. The summed E-state index contributed by atoms with van der Waals surface area (Å²) in [6, 6.07) is 2.42. The summed E-state index contributed by atoms with van der Waals surface area (Å²) < 4.78 is 78.8. The van der Waals surface area contributed by atoms with E-state index in [0.717, 1.165) is 12.1 Å². The number of primary amides is 1. The maximum Gasteiger partial charge on any atom is 0.430 e.